The molecule has 0 saturated carbocycles. The van der Waals surface area contributed by atoms with Crippen LogP contribution in [-0.2, 0) is 0 Å². The van der Waals surface area contributed by atoms with Gasteiger partial charge in [0.05, 0.1) is 6.07 Å². The molecule has 0 fully saturated rings. The molecule has 3 heteroatoms. The standard InChI is InChI=1S/C11H11BrN2/c12-9-1-2-11-10(7-9)8(3-5-13)4-6-14-11/h1-2,7-8,14H,3-4,6H2. The Kier molecular flexibility index (Phi) is 2.74. The maximum Gasteiger partial charge on any atom is 0.0628 e. The van der Waals surface area contributed by atoms with Crippen molar-refractivity contribution < 1.29 is 0 Å². The maximum atomic E-state index is 8.73. The quantitative estimate of drug-likeness (QED) is 0.831. The van der Waals surface area contributed by atoms with Crippen LogP contribution < -0.4 is 5.32 Å². The fourth-order valence-corrected chi connectivity index (χ4v) is 2.27. The van der Waals surface area contributed by atoms with Gasteiger partial charge in [-0.25, -0.2) is 0 Å². The number of nitrogens with one attached hydrogen (secondary N) is 1. The van der Waals surface area contributed by atoms with Crippen LogP contribution in [0.25, 0.3) is 0 Å². The summed E-state index contributed by atoms with van der Waals surface area (Å²) in [4.78, 5) is 0. The molecule has 14 heavy (non-hydrogen) atoms. The average molecular weight is 251 g/mol. The molecular weight excluding hydrogens is 240 g/mol. The van der Waals surface area contributed by atoms with Crippen molar-refractivity contribution in [1.82, 2.24) is 0 Å². The van der Waals surface area contributed by atoms with E-state index in [4.69, 9.17) is 5.26 Å². The number of halogens is 1. The number of hydrogen-bond acceptors (Lipinski definition) is 2. The van der Waals surface area contributed by atoms with E-state index in [0.29, 0.717) is 12.3 Å². The first-order chi connectivity index (χ1) is 6.81. The van der Waals surface area contributed by atoms with Crippen molar-refractivity contribution in [2.24, 2.45) is 0 Å². The van der Waals surface area contributed by atoms with Crippen LogP contribution in [0, 0.1) is 11.3 Å². The molecule has 0 bridgehead atoms. The average Bonchev–Trinajstić information content (AvgIpc) is 2.19. The molecule has 0 aromatic heterocycles. The Balaban J connectivity index is 2.37. The molecular formula is C11H11BrN2. The van der Waals surface area contributed by atoms with Crippen molar-refractivity contribution in [3.63, 3.8) is 0 Å². The normalized spacial score (nSPS) is 19.3. The molecule has 2 rings (SSSR count). The van der Waals surface area contributed by atoms with Gasteiger partial charge in [0.25, 0.3) is 0 Å². The SMILES string of the molecule is N#CCC1CCNc2ccc(Br)cc21. The van der Waals surface area contributed by atoms with Gasteiger partial charge in [0.15, 0.2) is 0 Å². The van der Waals surface area contributed by atoms with Crippen LogP contribution in [0.2, 0.25) is 0 Å². The van der Waals surface area contributed by atoms with Crippen molar-refractivity contribution >= 4 is 21.6 Å². The minimum absolute atomic E-state index is 0.397. The molecule has 1 aromatic rings. The molecule has 0 aliphatic carbocycles. The van der Waals surface area contributed by atoms with Crippen molar-refractivity contribution in [2.45, 2.75) is 18.8 Å². The Morgan fingerprint density at radius 1 is 1.57 bits per heavy atom. The lowest BCUT2D eigenvalue weighted by Crippen LogP contribution is -2.16. The van der Waals surface area contributed by atoms with Gasteiger partial charge in [-0.1, -0.05) is 15.9 Å². The highest BCUT2D eigenvalue weighted by Crippen LogP contribution is 2.35. The van der Waals surface area contributed by atoms with E-state index in [-0.39, 0.29) is 0 Å². The topological polar surface area (TPSA) is 35.8 Å². The number of nitriles is 1. The van der Waals surface area contributed by atoms with Gasteiger partial charge in [-0.3, -0.25) is 0 Å². The first-order valence-corrected chi connectivity index (χ1v) is 5.51. The number of hydrogen-bond donors (Lipinski definition) is 1. The summed E-state index contributed by atoms with van der Waals surface area (Å²) < 4.78 is 1.09. The Bertz CT molecular complexity index is 381. The van der Waals surface area contributed by atoms with Gasteiger partial charge in [-0.05, 0) is 30.2 Å². The van der Waals surface area contributed by atoms with Crippen molar-refractivity contribution in [2.75, 3.05) is 11.9 Å². The lowest BCUT2D eigenvalue weighted by atomic mass is 9.89. The summed E-state index contributed by atoms with van der Waals surface area (Å²) in [5.74, 6) is 0.397. The summed E-state index contributed by atoms with van der Waals surface area (Å²) in [6, 6.07) is 8.47. The highest BCUT2D eigenvalue weighted by atomic mass is 79.9. The molecule has 2 nitrogen and oxygen atoms in total. The highest BCUT2D eigenvalue weighted by molar-refractivity contribution is 9.10. The van der Waals surface area contributed by atoms with Gasteiger partial charge in [-0.15, -0.1) is 0 Å². The number of rotatable bonds is 1. The number of benzene rings is 1. The van der Waals surface area contributed by atoms with Crippen LogP contribution in [0.15, 0.2) is 22.7 Å². The van der Waals surface area contributed by atoms with E-state index in [0.717, 1.165) is 17.4 Å². The Morgan fingerprint density at radius 2 is 2.43 bits per heavy atom. The summed E-state index contributed by atoms with van der Waals surface area (Å²) in [6.45, 7) is 0.973. The summed E-state index contributed by atoms with van der Waals surface area (Å²) >= 11 is 3.46. The molecule has 1 aliphatic rings. The van der Waals surface area contributed by atoms with Gasteiger partial charge in [0.1, 0.15) is 0 Å². The molecule has 0 radical (unpaired) electrons. The van der Waals surface area contributed by atoms with E-state index in [1.165, 1.54) is 11.3 Å². The molecule has 1 N–H and O–H groups in total. The van der Waals surface area contributed by atoms with Crippen LogP contribution in [-0.4, -0.2) is 6.54 Å². The molecule has 0 amide bonds. The Hall–Kier alpha value is -1.01. The summed E-state index contributed by atoms with van der Waals surface area (Å²) in [5.41, 5.74) is 2.45. The van der Waals surface area contributed by atoms with E-state index < -0.39 is 0 Å². The van der Waals surface area contributed by atoms with Gasteiger partial charge >= 0.3 is 0 Å². The molecule has 1 aliphatic heterocycles. The minimum Gasteiger partial charge on any atom is -0.385 e. The third-order valence-corrected chi connectivity index (χ3v) is 3.09. The molecule has 0 saturated heterocycles. The third kappa shape index (κ3) is 1.76. The molecule has 0 spiro atoms. The van der Waals surface area contributed by atoms with Gasteiger partial charge < -0.3 is 5.32 Å². The zero-order valence-corrected chi connectivity index (χ0v) is 9.34. The third-order valence-electron chi connectivity index (χ3n) is 2.60. The van der Waals surface area contributed by atoms with E-state index in [9.17, 15) is 0 Å². The summed E-state index contributed by atoms with van der Waals surface area (Å²) in [7, 11) is 0. The first-order valence-electron chi connectivity index (χ1n) is 4.71. The van der Waals surface area contributed by atoms with E-state index in [1.54, 1.807) is 0 Å². The second-order valence-corrected chi connectivity index (χ2v) is 4.42. The Labute approximate surface area is 92.1 Å². The lowest BCUT2D eigenvalue weighted by Gasteiger charge is -2.25. The van der Waals surface area contributed by atoms with Crippen LogP contribution in [0.3, 0.4) is 0 Å². The predicted octanol–water partition coefficient (Wildman–Crippen LogP) is 3.26. The zero-order chi connectivity index (χ0) is 9.97. The van der Waals surface area contributed by atoms with Crippen molar-refractivity contribution in [3.8, 4) is 6.07 Å². The van der Waals surface area contributed by atoms with Gasteiger partial charge in [-0.2, -0.15) is 5.26 Å². The molecule has 1 aromatic carbocycles. The molecule has 72 valence electrons. The lowest BCUT2D eigenvalue weighted by molar-refractivity contribution is 0.640. The largest absolute Gasteiger partial charge is 0.385 e. The molecule has 1 heterocycles. The van der Waals surface area contributed by atoms with E-state index in [1.807, 2.05) is 6.07 Å². The molecule has 1 unspecified atom stereocenters. The molecule has 1 atom stereocenters. The minimum atomic E-state index is 0.397. The first kappa shape index (κ1) is 9.54. The van der Waals surface area contributed by atoms with Gasteiger partial charge in [0.2, 0.25) is 0 Å². The summed E-state index contributed by atoms with van der Waals surface area (Å²) in [6.07, 6.45) is 1.67. The fourth-order valence-electron chi connectivity index (χ4n) is 1.89. The van der Waals surface area contributed by atoms with E-state index in [2.05, 4.69) is 39.4 Å². The number of nitrogens with zero attached hydrogens (tertiary/aromatic N) is 1. The van der Waals surface area contributed by atoms with Crippen LogP contribution >= 0.6 is 15.9 Å². The fraction of sp³-hybridized carbons (Fsp3) is 0.364. The smallest absolute Gasteiger partial charge is 0.0628 e. The van der Waals surface area contributed by atoms with Gasteiger partial charge in [0, 0.05) is 29.0 Å². The Morgan fingerprint density at radius 3 is 3.21 bits per heavy atom. The summed E-state index contributed by atoms with van der Waals surface area (Å²) in [5, 5.41) is 12.1. The second kappa shape index (κ2) is 4.02. The second-order valence-electron chi connectivity index (χ2n) is 3.51. The van der Waals surface area contributed by atoms with Crippen molar-refractivity contribution in [3.05, 3.63) is 28.2 Å². The van der Waals surface area contributed by atoms with Crippen LogP contribution in [0.5, 0.6) is 0 Å². The van der Waals surface area contributed by atoms with Crippen LogP contribution in [0.1, 0.15) is 24.3 Å². The predicted molar refractivity (Wildman–Crippen MR) is 60.2 cm³/mol. The monoisotopic (exact) mass is 250 g/mol. The van der Waals surface area contributed by atoms with Crippen LogP contribution in [0.4, 0.5) is 5.69 Å². The number of fused-ring (bicyclic) bond motifs is 1. The highest BCUT2D eigenvalue weighted by Gasteiger charge is 2.19. The maximum absolute atomic E-state index is 8.73. The number of anilines is 1. The zero-order valence-electron chi connectivity index (χ0n) is 7.76. The van der Waals surface area contributed by atoms with Crippen molar-refractivity contribution in [1.29, 1.82) is 5.26 Å². The van der Waals surface area contributed by atoms with E-state index >= 15 is 0 Å².